The van der Waals surface area contributed by atoms with Gasteiger partial charge in [-0.3, -0.25) is 0 Å². The van der Waals surface area contributed by atoms with Gasteiger partial charge in [-0.2, -0.15) is 0 Å². The fraction of sp³-hybridized carbons (Fsp3) is 1.00. The Morgan fingerprint density at radius 2 is 2.08 bits per heavy atom. The van der Waals surface area contributed by atoms with Gasteiger partial charge in [0.2, 0.25) is 0 Å². The number of aliphatic hydroxyl groups is 2. The summed E-state index contributed by atoms with van der Waals surface area (Å²) in [5, 5.41) is 18.6. The van der Waals surface area contributed by atoms with Crippen molar-refractivity contribution >= 4 is 0 Å². The van der Waals surface area contributed by atoms with Crippen LogP contribution in [0.15, 0.2) is 0 Å². The van der Waals surface area contributed by atoms with Gasteiger partial charge in [0, 0.05) is 7.11 Å². The zero-order chi connectivity index (χ0) is 10.3. The molecular weight excluding hydrogens is 179 g/mol. The normalized spacial score (nSPS) is 51.2. The molecule has 0 aromatic rings. The van der Waals surface area contributed by atoms with E-state index in [1.807, 2.05) is 0 Å². The smallest absolute Gasteiger partial charge is 0.194 e. The van der Waals surface area contributed by atoms with Crippen LogP contribution in [0.5, 0.6) is 0 Å². The van der Waals surface area contributed by atoms with Gasteiger partial charge in [0.25, 0.3) is 0 Å². The van der Waals surface area contributed by atoms with Crippen molar-refractivity contribution in [1.82, 2.24) is 0 Å². The Hall–Kier alpha value is -0.230. The van der Waals surface area contributed by atoms with E-state index in [9.17, 15) is 9.50 Å². The van der Waals surface area contributed by atoms with Crippen molar-refractivity contribution in [2.75, 3.05) is 13.7 Å². The Bertz CT molecular complexity index is 173. The Morgan fingerprint density at radius 1 is 1.54 bits per heavy atom. The Morgan fingerprint density at radius 3 is 2.31 bits per heavy atom. The SMILES string of the molecule is COC1O[C@H](CO)[C@@](C)(O)C1(C)F. The van der Waals surface area contributed by atoms with Gasteiger partial charge >= 0.3 is 0 Å². The largest absolute Gasteiger partial charge is 0.394 e. The van der Waals surface area contributed by atoms with Crippen molar-refractivity contribution in [3.8, 4) is 0 Å². The van der Waals surface area contributed by atoms with Crippen molar-refractivity contribution in [3.63, 3.8) is 0 Å². The van der Waals surface area contributed by atoms with Crippen LogP contribution in [0.4, 0.5) is 4.39 Å². The molecule has 0 aromatic carbocycles. The molecule has 1 heterocycles. The summed E-state index contributed by atoms with van der Waals surface area (Å²) in [6.45, 7) is 2.04. The first-order chi connectivity index (χ1) is 5.87. The summed E-state index contributed by atoms with van der Waals surface area (Å²) >= 11 is 0. The second kappa shape index (κ2) is 3.16. The number of ether oxygens (including phenoxy) is 2. The van der Waals surface area contributed by atoms with Crippen LogP contribution in [-0.2, 0) is 9.47 Å². The molecule has 1 rings (SSSR count). The van der Waals surface area contributed by atoms with E-state index in [4.69, 9.17) is 14.6 Å². The molecule has 1 saturated heterocycles. The van der Waals surface area contributed by atoms with E-state index < -0.39 is 30.3 Å². The minimum Gasteiger partial charge on any atom is -0.394 e. The van der Waals surface area contributed by atoms with Crippen LogP contribution in [0, 0.1) is 0 Å². The van der Waals surface area contributed by atoms with Gasteiger partial charge < -0.3 is 19.7 Å². The third kappa shape index (κ3) is 1.36. The monoisotopic (exact) mass is 194 g/mol. The second-order valence-corrected chi connectivity index (χ2v) is 3.60. The molecule has 0 radical (unpaired) electrons. The molecule has 13 heavy (non-hydrogen) atoms. The lowest BCUT2D eigenvalue weighted by Gasteiger charge is -2.31. The number of alkyl halides is 1. The average Bonchev–Trinajstić information content (AvgIpc) is 2.20. The molecule has 0 amide bonds. The Labute approximate surface area is 76.3 Å². The van der Waals surface area contributed by atoms with Crippen LogP contribution in [-0.4, -0.2) is 47.6 Å². The summed E-state index contributed by atoms with van der Waals surface area (Å²) in [5.74, 6) is 0. The summed E-state index contributed by atoms with van der Waals surface area (Å²) in [7, 11) is 1.29. The van der Waals surface area contributed by atoms with E-state index in [1.54, 1.807) is 0 Å². The van der Waals surface area contributed by atoms with Crippen molar-refractivity contribution < 1.29 is 24.1 Å². The molecule has 1 aliphatic rings. The van der Waals surface area contributed by atoms with Gasteiger partial charge in [-0.1, -0.05) is 0 Å². The van der Waals surface area contributed by atoms with Crippen LogP contribution in [0.1, 0.15) is 13.8 Å². The third-order valence-electron chi connectivity index (χ3n) is 2.73. The summed E-state index contributed by atoms with van der Waals surface area (Å²) in [6.07, 6.45) is -2.09. The van der Waals surface area contributed by atoms with E-state index >= 15 is 0 Å². The molecule has 0 aromatic heterocycles. The zero-order valence-corrected chi connectivity index (χ0v) is 7.95. The quantitative estimate of drug-likeness (QED) is 0.640. The van der Waals surface area contributed by atoms with Gasteiger partial charge in [0.15, 0.2) is 12.0 Å². The molecule has 0 saturated carbocycles. The fourth-order valence-corrected chi connectivity index (χ4v) is 1.46. The lowest BCUT2D eigenvalue weighted by Crippen LogP contribution is -2.53. The highest BCUT2D eigenvalue weighted by Gasteiger charge is 2.62. The van der Waals surface area contributed by atoms with E-state index in [0.717, 1.165) is 0 Å². The van der Waals surface area contributed by atoms with Crippen LogP contribution >= 0.6 is 0 Å². The number of rotatable bonds is 2. The first-order valence-electron chi connectivity index (χ1n) is 4.08. The van der Waals surface area contributed by atoms with Crippen molar-refractivity contribution in [2.24, 2.45) is 0 Å². The number of methoxy groups -OCH3 is 1. The zero-order valence-electron chi connectivity index (χ0n) is 7.95. The van der Waals surface area contributed by atoms with E-state index in [2.05, 4.69) is 0 Å². The molecular formula is C8H15FO4. The summed E-state index contributed by atoms with van der Waals surface area (Å²) in [4.78, 5) is 0. The average molecular weight is 194 g/mol. The molecule has 1 fully saturated rings. The Balaban J connectivity index is 2.93. The number of halogens is 1. The van der Waals surface area contributed by atoms with Crippen molar-refractivity contribution in [2.45, 2.75) is 37.5 Å². The van der Waals surface area contributed by atoms with E-state index in [-0.39, 0.29) is 0 Å². The second-order valence-electron chi connectivity index (χ2n) is 3.60. The molecule has 4 atom stereocenters. The fourth-order valence-electron chi connectivity index (χ4n) is 1.46. The lowest BCUT2D eigenvalue weighted by atomic mass is 9.85. The summed E-state index contributed by atoms with van der Waals surface area (Å²) in [5.41, 5.74) is -3.75. The molecule has 0 bridgehead atoms. The molecule has 2 unspecified atom stereocenters. The summed E-state index contributed by atoms with van der Waals surface area (Å²) < 4.78 is 23.6. The van der Waals surface area contributed by atoms with Crippen LogP contribution in [0.2, 0.25) is 0 Å². The van der Waals surface area contributed by atoms with Gasteiger partial charge in [-0.15, -0.1) is 0 Å². The van der Waals surface area contributed by atoms with Gasteiger partial charge in [0.1, 0.15) is 11.7 Å². The topological polar surface area (TPSA) is 58.9 Å². The first kappa shape index (κ1) is 10.8. The minimum absolute atomic E-state index is 0.438. The van der Waals surface area contributed by atoms with Gasteiger partial charge in [-0.25, -0.2) is 4.39 Å². The molecule has 0 aliphatic carbocycles. The highest BCUT2D eigenvalue weighted by Crippen LogP contribution is 2.42. The highest BCUT2D eigenvalue weighted by atomic mass is 19.1. The minimum atomic E-state index is -2.02. The van der Waals surface area contributed by atoms with E-state index in [0.29, 0.717) is 0 Å². The lowest BCUT2D eigenvalue weighted by molar-refractivity contribution is -0.165. The maximum atomic E-state index is 13.9. The van der Waals surface area contributed by atoms with Gasteiger partial charge in [-0.05, 0) is 13.8 Å². The molecule has 4 nitrogen and oxygen atoms in total. The van der Waals surface area contributed by atoms with E-state index in [1.165, 1.54) is 21.0 Å². The predicted octanol–water partition coefficient (Wildman–Crippen LogP) is -0.171. The number of aliphatic hydroxyl groups excluding tert-OH is 1. The molecule has 2 N–H and O–H groups in total. The maximum Gasteiger partial charge on any atom is 0.194 e. The molecule has 5 heteroatoms. The van der Waals surface area contributed by atoms with Crippen molar-refractivity contribution in [1.29, 1.82) is 0 Å². The highest BCUT2D eigenvalue weighted by molar-refractivity contribution is 5.07. The third-order valence-corrected chi connectivity index (χ3v) is 2.73. The molecule has 78 valence electrons. The first-order valence-corrected chi connectivity index (χ1v) is 4.08. The standard InChI is InChI=1S/C8H15FO4/c1-7(9)6(12-3)13-5(4-10)8(7,2)11/h5-6,10-11H,4H2,1-3H3/t5-,6?,7?,8-/m1/s1. The van der Waals surface area contributed by atoms with Crippen LogP contribution in [0.25, 0.3) is 0 Å². The Kier molecular flexibility index (Phi) is 2.64. The predicted molar refractivity (Wildman–Crippen MR) is 42.9 cm³/mol. The number of hydrogen-bond donors (Lipinski definition) is 2. The van der Waals surface area contributed by atoms with Crippen LogP contribution in [0.3, 0.4) is 0 Å². The maximum absolute atomic E-state index is 13.9. The van der Waals surface area contributed by atoms with Gasteiger partial charge in [0.05, 0.1) is 6.61 Å². The molecule has 0 spiro atoms. The van der Waals surface area contributed by atoms with Crippen molar-refractivity contribution in [3.05, 3.63) is 0 Å². The van der Waals surface area contributed by atoms with Crippen LogP contribution < -0.4 is 0 Å². The molecule has 1 aliphatic heterocycles. The number of hydrogen-bond acceptors (Lipinski definition) is 4. The summed E-state index contributed by atoms with van der Waals surface area (Å²) in [6, 6.07) is 0.